The summed E-state index contributed by atoms with van der Waals surface area (Å²) in [5.41, 5.74) is 2.81. The molecule has 9 heteroatoms. The maximum Gasteiger partial charge on any atom is 0.246 e. The topological polar surface area (TPSA) is 83.1 Å². The molecule has 1 amide bonds. The van der Waals surface area contributed by atoms with Gasteiger partial charge in [0.2, 0.25) is 11.7 Å². The number of carbonyl (C=O) groups is 1. The van der Waals surface area contributed by atoms with E-state index in [0.717, 1.165) is 16.7 Å². The average molecular weight is 480 g/mol. The van der Waals surface area contributed by atoms with Crippen LogP contribution < -0.4 is 25.0 Å². The van der Waals surface area contributed by atoms with Crippen LogP contribution in [0.1, 0.15) is 23.6 Å². The van der Waals surface area contributed by atoms with Crippen LogP contribution in [0.2, 0.25) is 5.02 Å². The van der Waals surface area contributed by atoms with Crippen molar-refractivity contribution in [3.8, 4) is 28.4 Å². The van der Waals surface area contributed by atoms with Crippen molar-refractivity contribution in [2.24, 2.45) is 0 Å². The molecule has 2 aromatic rings. The molecule has 0 aromatic heterocycles. The van der Waals surface area contributed by atoms with E-state index in [4.69, 9.17) is 30.5 Å². The number of benzene rings is 1. The second kappa shape index (κ2) is 10.5. The Labute approximate surface area is 196 Å². The molecule has 1 aliphatic rings. The highest BCUT2D eigenvalue weighted by Crippen LogP contribution is 2.54. The number of ether oxygens (including phenoxy) is 4. The van der Waals surface area contributed by atoms with Crippen LogP contribution in [0, 0.1) is 0 Å². The predicted octanol–water partition coefficient (Wildman–Crippen LogP) is 3.86. The molecule has 0 aliphatic heterocycles. The average Bonchev–Trinajstić information content (AvgIpc) is 3.03. The minimum absolute atomic E-state index is 0.0796. The first kappa shape index (κ1) is 24.2. The van der Waals surface area contributed by atoms with E-state index in [0.29, 0.717) is 45.6 Å². The lowest BCUT2D eigenvalue weighted by Gasteiger charge is -2.21. The fourth-order valence-corrected chi connectivity index (χ4v) is 4.87. The van der Waals surface area contributed by atoms with Crippen molar-refractivity contribution in [3.63, 3.8) is 0 Å². The van der Waals surface area contributed by atoms with E-state index in [1.54, 1.807) is 19.2 Å². The highest BCUT2D eigenvalue weighted by molar-refractivity contribution is 7.98. The van der Waals surface area contributed by atoms with Gasteiger partial charge in [0.15, 0.2) is 16.9 Å². The first-order valence-corrected chi connectivity index (χ1v) is 11.5. The molecule has 7 nitrogen and oxygen atoms in total. The molecule has 1 atom stereocenters. The summed E-state index contributed by atoms with van der Waals surface area (Å²) in [7, 11) is 6.03. The lowest BCUT2D eigenvalue weighted by molar-refractivity contribution is -0.125. The monoisotopic (exact) mass is 479 g/mol. The van der Waals surface area contributed by atoms with E-state index in [9.17, 15) is 9.59 Å². The van der Waals surface area contributed by atoms with E-state index >= 15 is 0 Å². The summed E-state index contributed by atoms with van der Waals surface area (Å²) in [6.07, 6.45) is 2.88. The van der Waals surface area contributed by atoms with Crippen LogP contribution in [0.3, 0.4) is 0 Å². The van der Waals surface area contributed by atoms with Gasteiger partial charge in [0, 0.05) is 12.7 Å². The van der Waals surface area contributed by atoms with Crippen molar-refractivity contribution in [2.75, 3.05) is 41.3 Å². The van der Waals surface area contributed by atoms with Gasteiger partial charge in [0.25, 0.3) is 0 Å². The fourth-order valence-electron chi connectivity index (χ4n) is 4.06. The Hall–Kier alpha value is -2.42. The molecule has 1 N–H and O–H groups in total. The number of hydrogen-bond acceptors (Lipinski definition) is 7. The normalized spacial score (nSPS) is 14.6. The predicted molar refractivity (Wildman–Crippen MR) is 126 cm³/mol. The number of amides is 1. The van der Waals surface area contributed by atoms with Crippen LogP contribution in [-0.2, 0) is 16.0 Å². The number of methoxy groups -OCH3 is 4. The van der Waals surface area contributed by atoms with E-state index in [2.05, 4.69) is 5.32 Å². The Kier molecular flexibility index (Phi) is 7.92. The standard InChI is InChI=1S/C23H26ClNO6S/c1-28-11-18(27)25-15-8-6-13-19(12-7-9-17(32-5)16(26)10-14(12)15)21(29-2)23(31-4)22(30-3)20(13)24/h7,9-10,15H,6,8,11H2,1-5H3,(H,25,27)/t15-/m0/s1. The van der Waals surface area contributed by atoms with Gasteiger partial charge in [-0.2, -0.15) is 0 Å². The van der Waals surface area contributed by atoms with E-state index in [1.165, 1.54) is 33.1 Å². The van der Waals surface area contributed by atoms with Gasteiger partial charge >= 0.3 is 0 Å². The van der Waals surface area contributed by atoms with Crippen molar-refractivity contribution in [1.29, 1.82) is 0 Å². The highest BCUT2D eigenvalue weighted by Gasteiger charge is 2.32. The molecule has 1 aliphatic carbocycles. The van der Waals surface area contributed by atoms with Gasteiger partial charge in [-0.1, -0.05) is 17.7 Å². The maximum absolute atomic E-state index is 12.9. The van der Waals surface area contributed by atoms with Gasteiger partial charge in [-0.05, 0) is 47.9 Å². The SMILES string of the molecule is COCC(=O)N[C@H]1CCc2c(Cl)c(OC)c(OC)c(OC)c2-c2ccc(SC)c(=O)cc21. The molecule has 0 radical (unpaired) electrons. The third kappa shape index (κ3) is 4.40. The summed E-state index contributed by atoms with van der Waals surface area (Å²) in [4.78, 5) is 25.9. The second-order valence-electron chi connectivity index (χ2n) is 7.14. The van der Waals surface area contributed by atoms with Crippen LogP contribution in [0.4, 0.5) is 0 Å². The van der Waals surface area contributed by atoms with Crippen molar-refractivity contribution >= 4 is 29.3 Å². The molecular formula is C23H26ClNO6S. The Morgan fingerprint density at radius 1 is 1.12 bits per heavy atom. The minimum atomic E-state index is -0.424. The molecule has 0 spiro atoms. The van der Waals surface area contributed by atoms with Crippen molar-refractivity contribution in [2.45, 2.75) is 23.8 Å². The Morgan fingerprint density at radius 2 is 1.81 bits per heavy atom. The number of fused-ring (bicyclic) bond motifs is 3. The molecular weight excluding hydrogens is 454 g/mol. The molecule has 0 unspecified atom stereocenters. The van der Waals surface area contributed by atoms with Crippen LogP contribution in [0.15, 0.2) is 27.9 Å². The number of carbonyl (C=O) groups excluding carboxylic acids is 1. The smallest absolute Gasteiger partial charge is 0.246 e. The molecule has 0 saturated carbocycles. The van der Waals surface area contributed by atoms with Gasteiger partial charge in [0.05, 0.1) is 37.3 Å². The molecule has 0 fully saturated rings. The lowest BCUT2D eigenvalue weighted by atomic mass is 9.95. The van der Waals surface area contributed by atoms with Crippen molar-refractivity contribution in [3.05, 3.63) is 44.6 Å². The zero-order chi connectivity index (χ0) is 23.4. The zero-order valence-electron chi connectivity index (χ0n) is 18.7. The number of halogens is 1. The summed E-state index contributed by atoms with van der Waals surface area (Å²) < 4.78 is 21.8. The Balaban J connectivity index is 2.39. The van der Waals surface area contributed by atoms with Gasteiger partial charge in [-0.25, -0.2) is 0 Å². The van der Waals surface area contributed by atoms with E-state index in [1.807, 2.05) is 12.3 Å². The number of rotatable bonds is 7. The molecule has 172 valence electrons. The zero-order valence-corrected chi connectivity index (χ0v) is 20.2. The van der Waals surface area contributed by atoms with Crippen LogP contribution in [-0.4, -0.2) is 47.2 Å². The maximum atomic E-state index is 12.9. The number of thioether (sulfide) groups is 1. The van der Waals surface area contributed by atoms with Crippen LogP contribution >= 0.6 is 23.4 Å². The largest absolute Gasteiger partial charge is 0.492 e. The summed E-state index contributed by atoms with van der Waals surface area (Å²) in [6.45, 7) is -0.0796. The third-order valence-corrected chi connectivity index (χ3v) is 6.59. The summed E-state index contributed by atoms with van der Waals surface area (Å²) in [5.74, 6) is 0.929. The van der Waals surface area contributed by atoms with Gasteiger partial charge < -0.3 is 24.3 Å². The van der Waals surface area contributed by atoms with Gasteiger partial charge in [0.1, 0.15) is 6.61 Å². The number of nitrogens with one attached hydrogen (secondary N) is 1. The van der Waals surface area contributed by atoms with Crippen LogP contribution in [0.5, 0.6) is 17.2 Å². The first-order valence-electron chi connectivity index (χ1n) is 9.92. The molecule has 32 heavy (non-hydrogen) atoms. The summed E-state index contributed by atoms with van der Waals surface area (Å²) >= 11 is 8.13. The Morgan fingerprint density at radius 3 is 2.41 bits per heavy atom. The van der Waals surface area contributed by atoms with Crippen LogP contribution in [0.25, 0.3) is 11.1 Å². The molecule has 0 saturated heterocycles. The highest BCUT2D eigenvalue weighted by atomic mass is 35.5. The second-order valence-corrected chi connectivity index (χ2v) is 8.36. The van der Waals surface area contributed by atoms with Crippen molar-refractivity contribution in [1.82, 2.24) is 5.32 Å². The third-order valence-electron chi connectivity index (χ3n) is 5.42. The quantitative estimate of drug-likeness (QED) is 0.603. The van der Waals surface area contributed by atoms with Gasteiger partial charge in [-0.3, -0.25) is 9.59 Å². The number of hydrogen-bond donors (Lipinski definition) is 1. The summed E-state index contributed by atoms with van der Waals surface area (Å²) in [6, 6.07) is 4.80. The molecule has 3 rings (SSSR count). The first-order chi connectivity index (χ1) is 15.4. The van der Waals surface area contributed by atoms with E-state index < -0.39 is 6.04 Å². The molecule has 0 bridgehead atoms. The Bertz CT molecular complexity index is 1090. The minimum Gasteiger partial charge on any atom is -0.492 e. The fraction of sp³-hybridized carbons (Fsp3) is 0.391. The van der Waals surface area contributed by atoms with Gasteiger partial charge in [-0.15, -0.1) is 11.8 Å². The molecule has 0 heterocycles. The van der Waals surface area contributed by atoms with Crippen molar-refractivity contribution < 1.29 is 23.7 Å². The lowest BCUT2D eigenvalue weighted by Crippen LogP contribution is -2.31. The van der Waals surface area contributed by atoms with E-state index in [-0.39, 0.29) is 17.9 Å². The summed E-state index contributed by atoms with van der Waals surface area (Å²) in [5, 5.41) is 3.40. The molecule has 2 aromatic carbocycles.